The Balaban J connectivity index is 1.76. The molecule has 0 aliphatic carbocycles. The Hall–Kier alpha value is -4.31. The highest BCUT2D eigenvalue weighted by molar-refractivity contribution is 5.77. The normalized spacial score (nSPS) is 10.8. The van der Waals surface area contributed by atoms with Crippen LogP contribution in [0.3, 0.4) is 0 Å². The molecule has 0 fully saturated rings. The van der Waals surface area contributed by atoms with Gasteiger partial charge in [-0.05, 0) is 19.9 Å². The van der Waals surface area contributed by atoms with Crippen molar-refractivity contribution in [1.82, 2.24) is 34.7 Å². The van der Waals surface area contributed by atoms with E-state index in [9.17, 15) is 0 Å². The van der Waals surface area contributed by atoms with E-state index < -0.39 is 0 Å². The highest BCUT2D eigenvalue weighted by Crippen LogP contribution is 2.24. The zero-order valence-electron chi connectivity index (χ0n) is 16.5. The maximum Gasteiger partial charge on any atom is 0.220 e. The van der Waals surface area contributed by atoms with E-state index in [4.69, 9.17) is 11.8 Å². The zero-order chi connectivity index (χ0) is 21.1. The molecule has 0 bridgehead atoms. The summed E-state index contributed by atoms with van der Waals surface area (Å²) < 4.78 is 3.29. The van der Waals surface area contributed by atoms with Gasteiger partial charge in [0.1, 0.15) is 11.8 Å². The van der Waals surface area contributed by atoms with Crippen molar-refractivity contribution < 1.29 is 0 Å². The Morgan fingerprint density at radius 3 is 2.87 bits per heavy atom. The van der Waals surface area contributed by atoms with Crippen LogP contribution in [0.4, 0.5) is 5.69 Å². The average Bonchev–Trinajstić information content (AvgIpc) is 3.38. The van der Waals surface area contributed by atoms with E-state index in [0.717, 1.165) is 22.5 Å². The number of pyridine rings is 2. The van der Waals surface area contributed by atoms with E-state index in [-0.39, 0.29) is 6.04 Å². The van der Waals surface area contributed by atoms with Crippen molar-refractivity contribution >= 4 is 16.7 Å². The lowest BCUT2D eigenvalue weighted by molar-refractivity contribution is 0.785. The first-order valence-corrected chi connectivity index (χ1v) is 9.34. The first-order valence-electron chi connectivity index (χ1n) is 9.34. The van der Waals surface area contributed by atoms with Crippen LogP contribution in [0.1, 0.15) is 25.1 Å². The van der Waals surface area contributed by atoms with Crippen molar-refractivity contribution in [1.29, 1.82) is 5.26 Å². The number of hydrogen-bond donors (Lipinski definition) is 1. The van der Waals surface area contributed by atoms with Gasteiger partial charge in [-0.1, -0.05) is 5.21 Å². The number of rotatable bonds is 6. The number of nitrogens with one attached hydrogen (secondary N) is 1. The molecule has 148 valence electrons. The minimum absolute atomic E-state index is 0.176. The molecule has 10 nitrogen and oxygen atoms in total. The predicted octanol–water partition coefficient (Wildman–Crippen LogP) is 2.55. The van der Waals surface area contributed by atoms with Crippen LogP contribution in [0, 0.1) is 17.9 Å². The van der Waals surface area contributed by atoms with Gasteiger partial charge >= 0.3 is 0 Å². The van der Waals surface area contributed by atoms with E-state index in [0.29, 0.717) is 30.0 Å². The molecule has 0 atom stereocenters. The Morgan fingerprint density at radius 1 is 1.23 bits per heavy atom. The van der Waals surface area contributed by atoms with Crippen LogP contribution in [-0.4, -0.2) is 47.3 Å². The van der Waals surface area contributed by atoms with Crippen molar-refractivity contribution in [2.45, 2.75) is 26.3 Å². The van der Waals surface area contributed by atoms with Gasteiger partial charge in [-0.2, -0.15) is 15.0 Å². The monoisotopic (exact) mass is 398 g/mol. The molecule has 4 rings (SSSR count). The summed E-state index contributed by atoms with van der Waals surface area (Å²) in [5.74, 6) is 0.586. The molecule has 0 amide bonds. The van der Waals surface area contributed by atoms with E-state index in [1.807, 2.05) is 26.1 Å². The van der Waals surface area contributed by atoms with Crippen LogP contribution in [0.15, 0.2) is 36.9 Å². The number of fused-ring (bicyclic) bond motifs is 1. The first kappa shape index (κ1) is 19.0. The quantitative estimate of drug-likeness (QED) is 0.496. The van der Waals surface area contributed by atoms with Crippen molar-refractivity contribution in [2.24, 2.45) is 0 Å². The van der Waals surface area contributed by atoms with Crippen molar-refractivity contribution in [3.05, 3.63) is 59.6 Å². The topological polar surface area (TPSA) is 114 Å². The Kier molecular flexibility index (Phi) is 5.06. The molecular weight excluding hydrogens is 380 g/mol. The third-order valence-corrected chi connectivity index (χ3v) is 4.33. The summed E-state index contributed by atoms with van der Waals surface area (Å²) >= 11 is 0. The summed E-state index contributed by atoms with van der Waals surface area (Å²) in [6, 6.07) is 5.88. The molecule has 4 heterocycles. The average molecular weight is 398 g/mol. The van der Waals surface area contributed by atoms with E-state index in [1.54, 1.807) is 27.8 Å². The summed E-state index contributed by atoms with van der Waals surface area (Å²) in [7, 11) is 0. The van der Waals surface area contributed by atoms with Crippen LogP contribution in [-0.2, 0) is 6.42 Å². The number of aromatic nitrogens is 7. The van der Waals surface area contributed by atoms with Gasteiger partial charge in [0.05, 0.1) is 42.0 Å². The lowest BCUT2D eigenvalue weighted by atomic mass is 10.2. The molecule has 0 radical (unpaired) electrons. The number of nitriles is 1. The molecule has 0 saturated heterocycles. The second kappa shape index (κ2) is 7.97. The third kappa shape index (κ3) is 3.66. The molecule has 4 aromatic rings. The number of hydrogen-bond acceptors (Lipinski definition) is 7. The standard InChI is InChI=1S/C20H18N10/c1-13(2)26-17-7-19(30-20-15(10-25-30)6-14(8-21)9-24-20)23-11-18(17)29-12-16(27-28-29)4-5-22-3/h6-7,9-13H,4-5H2,1-2H3,(H,23,26). The highest BCUT2D eigenvalue weighted by Gasteiger charge is 2.14. The van der Waals surface area contributed by atoms with E-state index >= 15 is 0 Å². The summed E-state index contributed by atoms with van der Waals surface area (Å²) in [4.78, 5) is 12.3. The summed E-state index contributed by atoms with van der Waals surface area (Å²) in [6.07, 6.45) is 7.24. The highest BCUT2D eigenvalue weighted by atomic mass is 15.4. The predicted molar refractivity (Wildman–Crippen MR) is 110 cm³/mol. The molecule has 1 N–H and O–H groups in total. The molecule has 0 aliphatic rings. The summed E-state index contributed by atoms with van der Waals surface area (Å²) in [6.45, 7) is 11.4. The molecule has 0 saturated carbocycles. The Labute approximate surface area is 172 Å². The fourth-order valence-corrected chi connectivity index (χ4v) is 3.01. The third-order valence-electron chi connectivity index (χ3n) is 4.33. The van der Waals surface area contributed by atoms with Crippen LogP contribution in [0.25, 0.3) is 27.4 Å². The molecule has 0 aromatic carbocycles. The lowest BCUT2D eigenvalue weighted by Gasteiger charge is -2.15. The molecule has 4 aromatic heterocycles. The van der Waals surface area contributed by atoms with Crippen LogP contribution in [0.5, 0.6) is 0 Å². The van der Waals surface area contributed by atoms with E-state index in [2.05, 4.69) is 41.6 Å². The maximum atomic E-state index is 9.06. The fourth-order valence-electron chi connectivity index (χ4n) is 3.01. The van der Waals surface area contributed by atoms with Gasteiger partial charge in [0, 0.05) is 23.7 Å². The SMILES string of the molecule is [C-]#[N+]CCc1cn(-c2cnc(-n3ncc4cc(C#N)cnc43)cc2NC(C)C)nn1. The molecular formula is C20H18N10. The minimum Gasteiger partial charge on any atom is -0.381 e. The van der Waals surface area contributed by atoms with Crippen LogP contribution < -0.4 is 5.32 Å². The fraction of sp³-hybridized carbons (Fsp3) is 0.250. The Morgan fingerprint density at radius 2 is 2.10 bits per heavy atom. The number of anilines is 1. The maximum absolute atomic E-state index is 9.06. The molecule has 0 unspecified atom stereocenters. The smallest absolute Gasteiger partial charge is 0.220 e. The first-order chi connectivity index (χ1) is 14.6. The van der Waals surface area contributed by atoms with Gasteiger partial charge in [-0.3, -0.25) is 0 Å². The molecule has 10 heteroatoms. The van der Waals surface area contributed by atoms with Gasteiger partial charge in [-0.15, -0.1) is 5.10 Å². The van der Waals surface area contributed by atoms with Crippen LogP contribution >= 0.6 is 0 Å². The summed E-state index contributed by atoms with van der Waals surface area (Å²) in [5.41, 5.74) is 3.40. The van der Waals surface area contributed by atoms with E-state index in [1.165, 1.54) is 6.20 Å². The second-order valence-corrected chi connectivity index (χ2v) is 6.95. The molecule has 0 spiro atoms. The largest absolute Gasteiger partial charge is 0.381 e. The zero-order valence-corrected chi connectivity index (χ0v) is 16.5. The van der Waals surface area contributed by atoms with Crippen molar-refractivity contribution in [2.75, 3.05) is 11.9 Å². The van der Waals surface area contributed by atoms with Gasteiger partial charge in [0.25, 0.3) is 0 Å². The Bertz CT molecular complexity index is 1290. The van der Waals surface area contributed by atoms with Gasteiger partial charge in [0.15, 0.2) is 11.5 Å². The molecule has 30 heavy (non-hydrogen) atoms. The van der Waals surface area contributed by atoms with Crippen molar-refractivity contribution in [3.63, 3.8) is 0 Å². The van der Waals surface area contributed by atoms with Gasteiger partial charge in [-0.25, -0.2) is 21.2 Å². The second-order valence-electron chi connectivity index (χ2n) is 6.95. The minimum atomic E-state index is 0.176. The van der Waals surface area contributed by atoms with Gasteiger partial charge in [0.2, 0.25) is 6.54 Å². The lowest BCUT2D eigenvalue weighted by Crippen LogP contribution is -2.14. The van der Waals surface area contributed by atoms with Gasteiger partial charge < -0.3 is 10.2 Å². The van der Waals surface area contributed by atoms with Crippen LogP contribution in [0.2, 0.25) is 0 Å². The van der Waals surface area contributed by atoms with Crippen molar-refractivity contribution in [3.8, 4) is 17.6 Å². The molecule has 0 aliphatic heterocycles. The number of nitrogens with zero attached hydrogens (tertiary/aromatic N) is 9. The summed E-state index contributed by atoms with van der Waals surface area (Å²) in [5, 5.41) is 26.0.